The fourth-order valence-electron chi connectivity index (χ4n) is 1.90. The number of ether oxygens (including phenoxy) is 1. The molecule has 1 saturated carbocycles. The van der Waals surface area contributed by atoms with Gasteiger partial charge in [-0.2, -0.15) is 0 Å². The van der Waals surface area contributed by atoms with Gasteiger partial charge in [-0.15, -0.1) is 0 Å². The van der Waals surface area contributed by atoms with E-state index in [9.17, 15) is 27.2 Å². The molecule has 1 atom stereocenters. The summed E-state index contributed by atoms with van der Waals surface area (Å²) in [5.41, 5.74) is -0.950. The van der Waals surface area contributed by atoms with Crippen LogP contribution in [0.25, 0.3) is 0 Å². The molecule has 1 aliphatic rings. The molecule has 23 heavy (non-hydrogen) atoms. The van der Waals surface area contributed by atoms with Crippen LogP contribution in [0.3, 0.4) is 0 Å². The molecule has 124 valence electrons. The first-order chi connectivity index (χ1) is 10.8. The Labute approximate surface area is 129 Å². The lowest BCUT2D eigenvalue weighted by molar-refractivity contribution is -0.138. The van der Waals surface area contributed by atoms with E-state index in [0.717, 1.165) is 18.9 Å². The molecule has 2 rings (SSSR count). The Morgan fingerprint density at radius 1 is 1.26 bits per heavy atom. The number of halogens is 4. The van der Waals surface area contributed by atoms with Crippen LogP contribution < -0.4 is 5.32 Å². The second-order valence-electron chi connectivity index (χ2n) is 5.04. The zero-order valence-corrected chi connectivity index (χ0v) is 11.9. The zero-order chi connectivity index (χ0) is 17.1. The van der Waals surface area contributed by atoms with Crippen LogP contribution in [0.2, 0.25) is 0 Å². The third-order valence-electron chi connectivity index (χ3n) is 3.26. The van der Waals surface area contributed by atoms with Gasteiger partial charge in [0, 0.05) is 12.1 Å². The minimum atomic E-state index is -2.07. The van der Waals surface area contributed by atoms with Gasteiger partial charge in [0.2, 0.25) is 0 Å². The molecule has 1 fully saturated rings. The number of benzene rings is 1. The van der Waals surface area contributed by atoms with Gasteiger partial charge >= 0.3 is 5.97 Å². The van der Waals surface area contributed by atoms with E-state index in [1.165, 1.54) is 0 Å². The molecule has 0 saturated heterocycles. The fourth-order valence-corrected chi connectivity index (χ4v) is 1.90. The van der Waals surface area contributed by atoms with E-state index in [4.69, 9.17) is 4.74 Å². The molecular weight excluding hydrogens is 318 g/mol. The first-order valence-electron chi connectivity index (χ1n) is 6.77. The lowest BCUT2D eigenvalue weighted by Crippen LogP contribution is -2.42. The summed E-state index contributed by atoms with van der Waals surface area (Å²) >= 11 is 0. The van der Waals surface area contributed by atoms with Crippen LogP contribution in [-0.4, -0.2) is 30.4 Å². The number of carbonyl (C=O) groups is 2. The molecule has 4 nitrogen and oxygen atoms in total. The van der Waals surface area contributed by atoms with Crippen LogP contribution in [0.1, 0.15) is 23.2 Å². The average molecular weight is 331 g/mol. The fraction of sp³-hybridized carbons (Fsp3) is 0.333. The second kappa shape index (κ2) is 6.91. The highest BCUT2D eigenvalue weighted by Gasteiger charge is 2.33. The Morgan fingerprint density at radius 3 is 2.48 bits per heavy atom. The smallest absolute Gasteiger partial charge is 0.330 e. The molecule has 0 bridgehead atoms. The number of esters is 1. The molecule has 1 aromatic rings. The number of Topliss-reactive ketones (excluding diaryl/α,β-unsaturated/α-hetero) is 1. The highest BCUT2D eigenvalue weighted by atomic mass is 19.2. The molecule has 0 aromatic heterocycles. The molecule has 1 aliphatic carbocycles. The molecule has 1 N–H and O–H groups in total. The Bertz CT molecular complexity index is 659. The summed E-state index contributed by atoms with van der Waals surface area (Å²) in [6, 6.07) is -0.956. The average Bonchev–Trinajstić information content (AvgIpc) is 3.35. The Morgan fingerprint density at radius 2 is 1.91 bits per heavy atom. The van der Waals surface area contributed by atoms with Crippen molar-refractivity contribution in [3.8, 4) is 0 Å². The summed E-state index contributed by atoms with van der Waals surface area (Å²) in [5, 5.41) is 2.78. The topological polar surface area (TPSA) is 55.4 Å². The van der Waals surface area contributed by atoms with E-state index >= 15 is 0 Å². The van der Waals surface area contributed by atoms with Crippen molar-refractivity contribution < 1.29 is 31.9 Å². The van der Waals surface area contributed by atoms with E-state index in [1.807, 2.05) is 0 Å². The highest BCUT2D eigenvalue weighted by molar-refractivity contribution is 6.00. The number of rotatable bonds is 7. The van der Waals surface area contributed by atoms with Crippen LogP contribution in [0.4, 0.5) is 17.6 Å². The molecule has 1 unspecified atom stereocenters. The van der Waals surface area contributed by atoms with Gasteiger partial charge < -0.3 is 10.1 Å². The van der Waals surface area contributed by atoms with Crippen molar-refractivity contribution in [2.24, 2.45) is 0 Å². The van der Waals surface area contributed by atoms with Crippen molar-refractivity contribution >= 4 is 11.8 Å². The summed E-state index contributed by atoms with van der Waals surface area (Å²) in [7, 11) is 0. The number of ketones is 1. The van der Waals surface area contributed by atoms with Crippen molar-refractivity contribution in [2.45, 2.75) is 24.9 Å². The predicted molar refractivity (Wildman–Crippen MR) is 71.7 cm³/mol. The summed E-state index contributed by atoms with van der Waals surface area (Å²) in [6.07, 6.45) is 2.39. The van der Waals surface area contributed by atoms with Crippen molar-refractivity contribution in [1.29, 1.82) is 0 Å². The molecule has 0 aliphatic heterocycles. The maximum atomic E-state index is 13.7. The first-order valence-corrected chi connectivity index (χ1v) is 6.77. The maximum absolute atomic E-state index is 13.7. The summed E-state index contributed by atoms with van der Waals surface area (Å²) in [6.45, 7) is 2.71. The zero-order valence-electron chi connectivity index (χ0n) is 11.9. The summed E-state index contributed by atoms with van der Waals surface area (Å²) < 4.78 is 57.9. The van der Waals surface area contributed by atoms with E-state index < -0.39 is 53.2 Å². The third-order valence-corrected chi connectivity index (χ3v) is 3.26. The minimum Gasteiger partial charge on any atom is -0.460 e. The Hall–Kier alpha value is -2.22. The number of nitrogens with one attached hydrogen (secondary N) is 1. The van der Waals surface area contributed by atoms with Gasteiger partial charge in [-0.25, -0.2) is 22.4 Å². The first kappa shape index (κ1) is 17.1. The Kier molecular flexibility index (Phi) is 5.15. The molecular formula is C15H13F4NO3. The molecule has 8 heteroatoms. The number of carbonyl (C=O) groups excluding carboxylic acids is 2. The van der Waals surface area contributed by atoms with Gasteiger partial charge in [-0.3, -0.25) is 4.79 Å². The van der Waals surface area contributed by atoms with Gasteiger partial charge in [0.05, 0.1) is 5.56 Å². The van der Waals surface area contributed by atoms with E-state index in [0.29, 0.717) is 0 Å². The third kappa shape index (κ3) is 3.95. The standard InChI is InChI=1S/C15H13F4NO3/c1-2-11(21)23-6-10(20-7-3-4-7)15(22)8-5-9(16)13(18)14(19)12(8)17/h2,5,7,10,20H,1,3-4,6H2. The molecule has 0 amide bonds. The van der Waals surface area contributed by atoms with Crippen LogP contribution >= 0.6 is 0 Å². The predicted octanol–water partition coefficient (Wildman–Crippen LogP) is 2.28. The second-order valence-corrected chi connectivity index (χ2v) is 5.04. The van der Waals surface area contributed by atoms with E-state index in [-0.39, 0.29) is 12.1 Å². The van der Waals surface area contributed by atoms with Gasteiger partial charge in [0.1, 0.15) is 12.6 Å². The largest absolute Gasteiger partial charge is 0.460 e. The van der Waals surface area contributed by atoms with Crippen molar-refractivity contribution in [2.75, 3.05) is 6.61 Å². The lowest BCUT2D eigenvalue weighted by Gasteiger charge is -2.17. The minimum absolute atomic E-state index is 0.0374. The maximum Gasteiger partial charge on any atom is 0.330 e. The number of hydrogen-bond donors (Lipinski definition) is 1. The van der Waals surface area contributed by atoms with Crippen molar-refractivity contribution in [1.82, 2.24) is 5.32 Å². The molecule has 0 radical (unpaired) electrons. The lowest BCUT2D eigenvalue weighted by atomic mass is 10.0. The quantitative estimate of drug-likeness (QED) is 0.208. The molecule has 0 spiro atoms. The molecule has 0 heterocycles. The van der Waals surface area contributed by atoms with Crippen LogP contribution in [0.5, 0.6) is 0 Å². The van der Waals surface area contributed by atoms with Crippen molar-refractivity contribution in [3.05, 3.63) is 47.6 Å². The monoisotopic (exact) mass is 331 g/mol. The van der Waals surface area contributed by atoms with Crippen LogP contribution in [0, 0.1) is 23.3 Å². The van der Waals surface area contributed by atoms with E-state index in [1.54, 1.807) is 0 Å². The van der Waals surface area contributed by atoms with Gasteiger partial charge in [-0.1, -0.05) is 6.58 Å². The summed E-state index contributed by atoms with van der Waals surface area (Å²) in [4.78, 5) is 23.3. The van der Waals surface area contributed by atoms with Crippen LogP contribution in [0.15, 0.2) is 18.7 Å². The summed E-state index contributed by atoms with van der Waals surface area (Å²) in [5.74, 6) is -9.38. The van der Waals surface area contributed by atoms with Gasteiger partial charge in [0.15, 0.2) is 29.1 Å². The van der Waals surface area contributed by atoms with Gasteiger partial charge in [-0.05, 0) is 18.9 Å². The Balaban J connectivity index is 2.25. The van der Waals surface area contributed by atoms with Crippen LogP contribution in [-0.2, 0) is 9.53 Å². The van der Waals surface area contributed by atoms with E-state index in [2.05, 4.69) is 11.9 Å². The highest BCUT2D eigenvalue weighted by Crippen LogP contribution is 2.23. The molecule has 1 aromatic carbocycles. The SMILES string of the molecule is C=CC(=O)OCC(NC1CC1)C(=O)c1cc(F)c(F)c(F)c1F. The van der Waals surface area contributed by atoms with Gasteiger partial charge in [0.25, 0.3) is 0 Å². The van der Waals surface area contributed by atoms with Crippen molar-refractivity contribution in [3.63, 3.8) is 0 Å². The normalized spacial score (nSPS) is 15.1. The number of hydrogen-bond acceptors (Lipinski definition) is 4.